The topological polar surface area (TPSA) is 12.9 Å². The van der Waals surface area contributed by atoms with Crippen LogP contribution in [0.15, 0.2) is 22.9 Å². The highest BCUT2D eigenvalue weighted by atomic mass is 79.9. The summed E-state index contributed by atoms with van der Waals surface area (Å²) in [4.78, 5) is 3.96. The molecule has 0 bridgehead atoms. The van der Waals surface area contributed by atoms with E-state index in [1.54, 1.807) is 6.20 Å². The summed E-state index contributed by atoms with van der Waals surface area (Å²) in [5.74, 6) is 0. The van der Waals surface area contributed by atoms with E-state index in [0.29, 0.717) is 0 Å². The standard InChI is InChI=1S/C7H7BrN/c1-2-6-5-9-4-3-7(6)8/h2-5H,1H3. The Morgan fingerprint density at radius 1 is 1.67 bits per heavy atom. The first-order valence-electron chi connectivity index (χ1n) is 2.73. The second-order valence-corrected chi connectivity index (χ2v) is 2.54. The van der Waals surface area contributed by atoms with E-state index >= 15 is 0 Å². The Labute approximate surface area is 63.2 Å². The fourth-order valence-electron chi connectivity index (χ4n) is 0.602. The molecule has 0 aliphatic rings. The first kappa shape index (κ1) is 6.75. The molecule has 0 saturated heterocycles. The summed E-state index contributed by atoms with van der Waals surface area (Å²) in [7, 11) is 0. The maximum absolute atomic E-state index is 3.96. The van der Waals surface area contributed by atoms with Crippen molar-refractivity contribution in [2.75, 3.05) is 0 Å². The zero-order valence-corrected chi connectivity index (χ0v) is 6.72. The average Bonchev–Trinajstić information content (AvgIpc) is 1.89. The molecule has 0 aliphatic carbocycles. The van der Waals surface area contributed by atoms with Crippen molar-refractivity contribution in [3.8, 4) is 0 Å². The highest BCUT2D eigenvalue weighted by molar-refractivity contribution is 9.10. The van der Waals surface area contributed by atoms with E-state index in [-0.39, 0.29) is 0 Å². The van der Waals surface area contributed by atoms with Crippen molar-refractivity contribution >= 4 is 15.9 Å². The van der Waals surface area contributed by atoms with E-state index in [9.17, 15) is 0 Å². The van der Waals surface area contributed by atoms with Gasteiger partial charge in [0.25, 0.3) is 0 Å². The molecule has 1 aromatic rings. The van der Waals surface area contributed by atoms with Gasteiger partial charge < -0.3 is 0 Å². The van der Waals surface area contributed by atoms with Crippen LogP contribution in [0.5, 0.6) is 0 Å². The fraction of sp³-hybridized carbons (Fsp3) is 0.143. The molecule has 1 radical (unpaired) electrons. The Balaban J connectivity index is 3.01. The molecule has 0 amide bonds. The lowest BCUT2D eigenvalue weighted by atomic mass is 10.2. The molecule has 0 unspecified atom stereocenters. The van der Waals surface area contributed by atoms with Gasteiger partial charge in [0, 0.05) is 16.9 Å². The molecule has 0 atom stereocenters. The van der Waals surface area contributed by atoms with Gasteiger partial charge in [0.2, 0.25) is 0 Å². The number of halogens is 1. The van der Waals surface area contributed by atoms with Crippen molar-refractivity contribution in [2.45, 2.75) is 6.92 Å². The summed E-state index contributed by atoms with van der Waals surface area (Å²) in [6.45, 7) is 1.99. The van der Waals surface area contributed by atoms with Gasteiger partial charge in [0.15, 0.2) is 0 Å². The average molecular weight is 185 g/mol. The molecule has 1 nitrogen and oxygen atoms in total. The van der Waals surface area contributed by atoms with E-state index in [2.05, 4.69) is 20.9 Å². The highest BCUT2D eigenvalue weighted by Gasteiger charge is 1.92. The fourth-order valence-corrected chi connectivity index (χ4v) is 1.05. The zero-order valence-electron chi connectivity index (χ0n) is 5.13. The van der Waals surface area contributed by atoms with Crippen LogP contribution >= 0.6 is 15.9 Å². The van der Waals surface area contributed by atoms with E-state index < -0.39 is 0 Å². The summed E-state index contributed by atoms with van der Waals surface area (Å²) < 4.78 is 1.10. The van der Waals surface area contributed by atoms with E-state index in [1.165, 1.54) is 0 Å². The Morgan fingerprint density at radius 2 is 2.44 bits per heavy atom. The third kappa shape index (κ3) is 1.52. The minimum Gasteiger partial charge on any atom is -0.264 e. The molecule has 47 valence electrons. The molecular weight excluding hydrogens is 178 g/mol. The molecule has 1 aromatic heterocycles. The van der Waals surface area contributed by atoms with Crippen molar-refractivity contribution in [3.05, 3.63) is 34.9 Å². The molecule has 9 heavy (non-hydrogen) atoms. The zero-order chi connectivity index (χ0) is 6.69. The number of rotatable bonds is 1. The number of hydrogen-bond acceptors (Lipinski definition) is 1. The minimum absolute atomic E-state index is 1.10. The maximum atomic E-state index is 3.96. The molecule has 2 heteroatoms. The largest absolute Gasteiger partial charge is 0.264 e. The van der Waals surface area contributed by atoms with Crippen LogP contribution < -0.4 is 0 Å². The Kier molecular flexibility index (Phi) is 2.22. The first-order chi connectivity index (χ1) is 4.34. The second kappa shape index (κ2) is 2.97. The lowest BCUT2D eigenvalue weighted by Gasteiger charge is -1.95. The van der Waals surface area contributed by atoms with E-state index in [0.717, 1.165) is 10.0 Å². The maximum Gasteiger partial charge on any atom is 0.0314 e. The SMILES string of the molecule is C[CH]c1cnccc1Br. The van der Waals surface area contributed by atoms with E-state index in [4.69, 9.17) is 0 Å². The van der Waals surface area contributed by atoms with Crippen molar-refractivity contribution in [1.82, 2.24) is 4.98 Å². The van der Waals surface area contributed by atoms with Gasteiger partial charge in [-0.25, -0.2) is 0 Å². The highest BCUT2D eigenvalue weighted by Crippen LogP contribution is 2.15. The Bertz CT molecular complexity index is 198. The molecule has 0 N–H and O–H groups in total. The molecule has 0 spiro atoms. The van der Waals surface area contributed by atoms with Crippen LogP contribution in [0, 0.1) is 6.42 Å². The third-order valence-electron chi connectivity index (χ3n) is 1.11. The number of pyridine rings is 1. The molecule has 0 aromatic carbocycles. The monoisotopic (exact) mass is 184 g/mol. The van der Waals surface area contributed by atoms with Crippen molar-refractivity contribution in [1.29, 1.82) is 0 Å². The van der Waals surface area contributed by atoms with Crippen LogP contribution in [-0.2, 0) is 0 Å². The normalized spacial score (nSPS) is 9.56. The number of hydrogen-bond donors (Lipinski definition) is 0. The first-order valence-corrected chi connectivity index (χ1v) is 3.53. The third-order valence-corrected chi connectivity index (χ3v) is 1.83. The van der Waals surface area contributed by atoms with E-state index in [1.807, 2.05) is 25.6 Å². The summed E-state index contributed by atoms with van der Waals surface area (Å²) in [6, 6.07) is 1.93. The molecule has 0 aliphatic heterocycles. The van der Waals surface area contributed by atoms with Crippen LogP contribution in [-0.4, -0.2) is 4.98 Å². The predicted octanol–water partition coefficient (Wildman–Crippen LogP) is 2.42. The van der Waals surface area contributed by atoms with Crippen LogP contribution in [0.3, 0.4) is 0 Å². The lowest BCUT2D eigenvalue weighted by Crippen LogP contribution is -1.80. The molecular formula is C7H7BrN. The van der Waals surface area contributed by atoms with Gasteiger partial charge in [0.05, 0.1) is 0 Å². The van der Waals surface area contributed by atoms with Crippen LogP contribution in [0.2, 0.25) is 0 Å². The second-order valence-electron chi connectivity index (χ2n) is 1.69. The Hall–Kier alpha value is -0.370. The van der Waals surface area contributed by atoms with Crippen LogP contribution in [0.1, 0.15) is 12.5 Å². The van der Waals surface area contributed by atoms with Crippen LogP contribution in [0.4, 0.5) is 0 Å². The van der Waals surface area contributed by atoms with Crippen LogP contribution in [0.25, 0.3) is 0 Å². The van der Waals surface area contributed by atoms with Crippen molar-refractivity contribution in [3.63, 3.8) is 0 Å². The predicted molar refractivity (Wildman–Crippen MR) is 41.0 cm³/mol. The summed E-state index contributed by atoms with van der Waals surface area (Å²) >= 11 is 3.39. The number of aromatic nitrogens is 1. The minimum atomic E-state index is 1.10. The molecule has 1 heterocycles. The summed E-state index contributed by atoms with van der Waals surface area (Å²) in [6.07, 6.45) is 5.60. The molecule has 1 rings (SSSR count). The van der Waals surface area contributed by atoms with Gasteiger partial charge in [-0.1, -0.05) is 22.9 Å². The smallest absolute Gasteiger partial charge is 0.0314 e. The summed E-state index contributed by atoms with van der Waals surface area (Å²) in [5.41, 5.74) is 1.14. The van der Waals surface area contributed by atoms with Gasteiger partial charge in [-0.05, 0) is 18.1 Å². The van der Waals surface area contributed by atoms with Crippen molar-refractivity contribution < 1.29 is 0 Å². The summed E-state index contributed by atoms with van der Waals surface area (Å²) in [5, 5.41) is 0. The number of nitrogens with zero attached hydrogens (tertiary/aromatic N) is 1. The van der Waals surface area contributed by atoms with Gasteiger partial charge in [-0.2, -0.15) is 0 Å². The van der Waals surface area contributed by atoms with Gasteiger partial charge in [-0.3, -0.25) is 4.98 Å². The lowest BCUT2D eigenvalue weighted by molar-refractivity contribution is 1.25. The van der Waals surface area contributed by atoms with Crippen molar-refractivity contribution in [2.24, 2.45) is 0 Å². The molecule has 0 saturated carbocycles. The quantitative estimate of drug-likeness (QED) is 0.654. The molecule has 0 fully saturated rings. The Morgan fingerprint density at radius 3 is 2.89 bits per heavy atom. The van der Waals surface area contributed by atoms with Gasteiger partial charge in [0.1, 0.15) is 0 Å². The van der Waals surface area contributed by atoms with Gasteiger partial charge >= 0.3 is 0 Å². The van der Waals surface area contributed by atoms with Gasteiger partial charge in [-0.15, -0.1) is 0 Å².